The molecule has 0 aliphatic carbocycles. The van der Waals surface area contributed by atoms with Gasteiger partial charge in [0.1, 0.15) is 6.54 Å². The lowest BCUT2D eigenvalue weighted by Crippen LogP contribution is -2.36. The highest BCUT2D eigenvalue weighted by Gasteiger charge is 2.11. The number of pyridine rings is 1. The number of nitrogens with two attached hydrogens (primary N) is 1. The van der Waals surface area contributed by atoms with Gasteiger partial charge in [0.2, 0.25) is 0 Å². The van der Waals surface area contributed by atoms with Crippen LogP contribution < -0.4 is 17.0 Å². The topological polar surface area (TPSA) is 120 Å². The van der Waals surface area contributed by atoms with Gasteiger partial charge in [-0.15, -0.1) is 0 Å². The summed E-state index contributed by atoms with van der Waals surface area (Å²) in [6.45, 7) is 1.36. The quantitative estimate of drug-likeness (QED) is 0.308. The Labute approximate surface area is 113 Å². The summed E-state index contributed by atoms with van der Waals surface area (Å²) in [6.07, 6.45) is 4.74. The Balaban J connectivity index is 2.27. The number of aromatic nitrogens is 4. The van der Waals surface area contributed by atoms with Gasteiger partial charge in [-0.2, -0.15) is 14.9 Å². The Kier molecular flexibility index (Phi) is 4.01. The molecule has 0 fully saturated rings. The first-order valence-corrected chi connectivity index (χ1v) is 5.72. The lowest BCUT2D eigenvalue weighted by molar-refractivity contribution is -0.121. The Hall–Kier alpha value is -2.81. The highest BCUT2D eigenvalue weighted by atomic mass is 16.2. The van der Waals surface area contributed by atoms with Crippen molar-refractivity contribution < 1.29 is 4.79 Å². The summed E-state index contributed by atoms with van der Waals surface area (Å²) >= 11 is 0. The van der Waals surface area contributed by atoms with E-state index in [0.29, 0.717) is 5.82 Å². The molecule has 0 aliphatic rings. The number of nitrogens with zero attached hydrogens (tertiary/aromatic N) is 5. The van der Waals surface area contributed by atoms with Gasteiger partial charge in [-0.3, -0.25) is 15.2 Å². The van der Waals surface area contributed by atoms with E-state index < -0.39 is 11.6 Å². The maximum absolute atomic E-state index is 12.0. The zero-order valence-corrected chi connectivity index (χ0v) is 10.7. The van der Waals surface area contributed by atoms with Crippen LogP contribution in [0.1, 0.15) is 11.4 Å². The van der Waals surface area contributed by atoms with E-state index in [2.05, 4.69) is 15.2 Å². The largest absolute Gasteiger partial charge is 0.367 e. The highest BCUT2D eigenvalue weighted by molar-refractivity contribution is 5.79. The molecular formula is C11H13N7O2. The number of hydrogen-bond donors (Lipinski definition) is 2. The summed E-state index contributed by atoms with van der Waals surface area (Å²) in [6, 6.07) is 3.49. The van der Waals surface area contributed by atoms with Gasteiger partial charge in [0.15, 0.2) is 5.82 Å². The predicted octanol–water partition coefficient (Wildman–Crippen LogP) is -1.38. The van der Waals surface area contributed by atoms with Crippen molar-refractivity contribution >= 4 is 12.1 Å². The van der Waals surface area contributed by atoms with E-state index in [4.69, 9.17) is 5.84 Å². The van der Waals surface area contributed by atoms with Gasteiger partial charge in [0, 0.05) is 12.4 Å². The molecule has 0 unspecified atom stereocenters. The zero-order chi connectivity index (χ0) is 14.5. The molecule has 0 aliphatic heterocycles. The molecule has 0 bridgehead atoms. The number of nitrogens with one attached hydrogen (secondary N) is 1. The van der Waals surface area contributed by atoms with E-state index in [-0.39, 0.29) is 6.54 Å². The van der Waals surface area contributed by atoms with Crippen molar-refractivity contribution in [2.45, 2.75) is 13.5 Å². The molecule has 20 heavy (non-hydrogen) atoms. The number of carbonyl (C=O) groups excluding carboxylic acids is 1. The summed E-state index contributed by atoms with van der Waals surface area (Å²) in [5.41, 5.74) is 2.21. The monoisotopic (exact) mass is 275 g/mol. The van der Waals surface area contributed by atoms with E-state index in [0.717, 1.165) is 14.9 Å². The van der Waals surface area contributed by atoms with Crippen LogP contribution in [0.5, 0.6) is 0 Å². The smallest absolute Gasteiger partial charge is 0.293 e. The Morgan fingerprint density at radius 3 is 2.85 bits per heavy atom. The summed E-state index contributed by atoms with van der Waals surface area (Å²) in [5.74, 6) is 4.81. The van der Waals surface area contributed by atoms with Crippen LogP contribution in [0.3, 0.4) is 0 Å². The number of amides is 1. The third kappa shape index (κ3) is 2.95. The molecule has 2 rings (SSSR count). The SMILES string of the molecule is Cc1nn(CC(=O)NN)c(=O)n1/N=C/c1ccncc1. The van der Waals surface area contributed by atoms with Crippen LogP contribution in [0.4, 0.5) is 0 Å². The minimum absolute atomic E-state index is 0.256. The lowest BCUT2D eigenvalue weighted by Gasteiger charge is -1.96. The predicted molar refractivity (Wildman–Crippen MR) is 70.8 cm³/mol. The minimum Gasteiger partial charge on any atom is -0.293 e. The minimum atomic E-state index is -0.519. The molecular weight excluding hydrogens is 262 g/mol. The van der Waals surface area contributed by atoms with Gasteiger partial charge < -0.3 is 0 Å². The molecule has 9 heteroatoms. The average Bonchev–Trinajstić information content (AvgIpc) is 2.72. The fourth-order valence-electron chi connectivity index (χ4n) is 1.50. The van der Waals surface area contributed by atoms with Gasteiger partial charge in [-0.25, -0.2) is 15.3 Å². The first-order valence-electron chi connectivity index (χ1n) is 5.72. The van der Waals surface area contributed by atoms with Crippen LogP contribution in [-0.4, -0.2) is 31.6 Å². The fraction of sp³-hybridized carbons (Fsp3) is 0.182. The third-order valence-electron chi connectivity index (χ3n) is 2.46. The molecule has 3 N–H and O–H groups in total. The Morgan fingerprint density at radius 2 is 2.20 bits per heavy atom. The number of hydrazine groups is 1. The normalized spacial score (nSPS) is 10.9. The molecule has 0 saturated carbocycles. The van der Waals surface area contributed by atoms with Crippen molar-refractivity contribution in [3.63, 3.8) is 0 Å². The second kappa shape index (κ2) is 5.89. The second-order valence-electron chi connectivity index (χ2n) is 3.89. The first kappa shape index (κ1) is 13.6. The molecule has 0 saturated heterocycles. The van der Waals surface area contributed by atoms with E-state index in [1.165, 1.54) is 6.21 Å². The van der Waals surface area contributed by atoms with Crippen molar-refractivity contribution in [1.82, 2.24) is 24.9 Å². The summed E-state index contributed by atoms with van der Waals surface area (Å²) in [5, 5.41) is 7.97. The van der Waals surface area contributed by atoms with Crippen LogP contribution in [0.15, 0.2) is 34.4 Å². The Bertz CT molecular complexity index is 687. The maximum Gasteiger partial charge on any atom is 0.367 e. The maximum atomic E-state index is 12.0. The van der Waals surface area contributed by atoms with Gasteiger partial charge in [0.05, 0.1) is 6.21 Å². The van der Waals surface area contributed by atoms with Gasteiger partial charge in [0.25, 0.3) is 5.91 Å². The van der Waals surface area contributed by atoms with E-state index in [1.54, 1.807) is 31.5 Å². The van der Waals surface area contributed by atoms with Crippen LogP contribution in [-0.2, 0) is 11.3 Å². The van der Waals surface area contributed by atoms with E-state index in [1.807, 2.05) is 5.43 Å². The van der Waals surface area contributed by atoms with E-state index >= 15 is 0 Å². The summed E-state index contributed by atoms with van der Waals surface area (Å²) < 4.78 is 2.09. The van der Waals surface area contributed by atoms with Crippen molar-refractivity contribution in [3.05, 3.63) is 46.4 Å². The molecule has 2 heterocycles. The molecule has 2 aromatic heterocycles. The fourth-order valence-corrected chi connectivity index (χ4v) is 1.50. The van der Waals surface area contributed by atoms with Crippen molar-refractivity contribution in [3.8, 4) is 0 Å². The zero-order valence-electron chi connectivity index (χ0n) is 10.7. The van der Waals surface area contributed by atoms with Gasteiger partial charge in [-0.1, -0.05) is 0 Å². The highest BCUT2D eigenvalue weighted by Crippen LogP contribution is 1.94. The molecule has 2 aromatic rings. The molecule has 0 radical (unpaired) electrons. The van der Waals surface area contributed by atoms with Crippen molar-refractivity contribution in [2.24, 2.45) is 10.9 Å². The van der Waals surface area contributed by atoms with Crippen molar-refractivity contribution in [2.75, 3.05) is 0 Å². The van der Waals surface area contributed by atoms with Gasteiger partial charge in [-0.05, 0) is 24.6 Å². The van der Waals surface area contributed by atoms with Crippen molar-refractivity contribution in [1.29, 1.82) is 0 Å². The number of rotatable bonds is 4. The molecule has 0 aromatic carbocycles. The number of carbonyl (C=O) groups is 1. The number of aryl methyl sites for hydroxylation is 1. The molecule has 0 atom stereocenters. The molecule has 9 nitrogen and oxygen atoms in total. The third-order valence-corrected chi connectivity index (χ3v) is 2.46. The van der Waals surface area contributed by atoms with Crippen LogP contribution in [0, 0.1) is 6.92 Å². The summed E-state index contributed by atoms with van der Waals surface area (Å²) in [7, 11) is 0. The van der Waals surface area contributed by atoms with E-state index in [9.17, 15) is 9.59 Å². The molecule has 0 spiro atoms. The molecule has 104 valence electrons. The van der Waals surface area contributed by atoms with Crippen LogP contribution in [0.2, 0.25) is 0 Å². The van der Waals surface area contributed by atoms with Crippen LogP contribution >= 0.6 is 0 Å². The Morgan fingerprint density at radius 1 is 1.50 bits per heavy atom. The van der Waals surface area contributed by atoms with Gasteiger partial charge >= 0.3 is 5.69 Å². The second-order valence-corrected chi connectivity index (χ2v) is 3.89. The lowest BCUT2D eigenvalue weighted by atomic mass is 10.3. The van der Waals surface area contributed by atoms with Crippen LogP contribution in [0.25, 0.3) is 0 Å². The average molecular weight is 275 g/mol. The first-order chi connectivity index (χ1) is 9.61. The molecule has 1 amide bonds. The summed E-state index contributed by atoms with van der Waals surface area (Å²) in [4.78, 5) is 27.0. The number of hydrogen-bond acceptors (Lipinski definition) is 6. The standard InChI is InChI=1S/C11H13N7O2/c1-8-16-17(7-10(19)15-12)11(20)18(8)14-6-9-2-4-13-5-3-9/h2-6H,7,12H2,1H3,(H,15,19)/b14-6+.